The number of hydrogen-bond acceptors (Lipinski definition) is 5. The van der Waals surface area contributed by atoms with Gasteiger partial charge >= 0.3 is 0 Å². The predicted octanol–water partition coefficient (Wildman–Crippen LogP) is 4.12. The second-order valence-corrected chi connectivity index (χ2v) is 7.53. The molecular weight excluding hydrogens is 380 g/mol. The van der Waals surface area contributed by atoms with Gasteiger partial charge in [0.15, 0.2) is 0 Å². The van der Waals surface area contributed by atoms with Crippen LogP contribution in [0.15, 0.2) is 42.5 Å². The molecule has 0 saturated carbocycles. The van der Waals surface area contributed by atoms with Crippen molar-refractivity contribution in [3.8, 4) is 17.2 Å². The van der Waals surface area contributed by atoms with Crippen LogP contribution in [0.5, 0.6) is 17.2 Å². The summed E-state index contributed by atoms with van der Waals surface area (Å²) in [7, 11) is 3.26. The number of ether oxygens (including phenoxy) is 3. The molecule has 2 atom stereocenters. The number of amides is 1. The van der Waals surface area contributed by atoms with E-state index >= 15 is 0 Å². The molecule has 0 aliphatic carbocycles. The number of likely N-dealkylation sites (tertiary alicyclic amines) is 1. The third-order valence-electron chi connectivity index (χ3n) is 5.57. The molecule has 162 valence electrons. The third-order valence-corrected chi connectivity index (χ3v) is 5.57. The van der Waals surface area contributed by atoms with Gasteiger partial charge in [0.05, 0.1) is 33.4 Å². The Labute approximate surface area is 179 Å². The molecule has 3 rings (SSSR count). The van der Waals surface area contributed by atoms with E-state index in [0.29, 0.717) is 13.2 Å². The van der Waals surface area contributed by atoms with Crippen molar-refractivity contribution in [3.05, 3.63) is 53.6 Å². The van der Waals surface area contributed by atoms with E-state index in [4.69, 9.17) is 14.2 Å². The third kappa shape index (κ3) is 5.25. The average Bonchev–Trinajstić information content (AvgIpc) is 3.21. The van der Waals surface area contributed by atoms with E-state index in [1.807, 2.05) is 44.2 Å². The Balaban J connectivity index is 1.63. The first kappa shape index (κ1) is 22.0. The zero-order valence-corrected chi connectivity index (χ0v) is 18.3. The number of carbonyl (C=O) groups is 1. The van der Waals surface area contributed by atoms with Gasteiger partial charge in [0, 0.05) is 11.6 Å². The predicted molar refractivity (Wildman–Crippen MR) is 117 cm³/mol. The minimum Gasteiger partial charge on any atom is -0.497 e. The largest absolute Gasteiger partial charge is 0.497 e. The molecule has 1 aliphatic rings. The fourth-order valence-corrected chi connectivity index (χ4v) is 4.07. The van der Waals surface area contributed by atoms with E-state index < -0.39 is 0 Å². The summed E-state index contributed by atoms with van der Waals surface area (Å²) in [6.07, 6.45) is 2.14. The Bertz CT molecular complexity index is 838. The molecule has 0 spiro atoms. The molecule has 0 bridgehead atoms. The number of rotatable bonds is 9. The van der Waals surface area contributed by atoms with Crippen LogP contribution in [0, 0.1) is 0 Å². The Morgan fingerprint density at radius 1 is 1.13 bits per heavy atom. The van der Waals surface area contributed by atoms with Gasteiger partial charge < -0.3 is 19.5 Å². The maximum atomic E-state index is 12.8. The zero-order chi connectivity index (χ0) is 21.5. The van der Waals surface area contributed by atoms with E-state index in [1.165, 1.54) is 5.56 Å². The van der Waals surface area contributed by atoms with Crippen molar-refractivity contribution in [3.63, 3.8) is 0 Å². The number of nitrogens with one attached hydrogen (secondary N) is 1. The van der Waals surface area contributed by atoms with Crippen molar-refractivity contribution in [2.24, 2.45) is 0 Å². The first-order valence-electron chi connectivity index (χ1n) is 10.5. The van der Waals surface area contributed by atoms with Crippen LogP contribution in [0.1, 0.15) is 49.9 Å². The lowest BCUT2D eigenvalue weighted by molar-refractivity contribution is -0.123. The fraction of sp³-hybridized carbons (Fsp3) is 0.458. The van der Waals surface area contributed by atoms with E-state index in [2.05, 4.69) is 22.3 Å². The molecule has 1 aliphatic heterocycles. The van der Waals surface area contributed by atoms with Crippen LogP contribution in [0.25, 0.3) is 0 Å². The lowest BCUT2D eigenvalue weighted by Crippen LogP contribution is -2.38. The topological polar surface area (TPSA) is 60.0 Å². The van der Waals surface area contributed by atoms with E-state index in [-0.39, 0.29) is 18.0 Å². The maximum Gasteiger partial charge on any atom is 0.234 e. The quantitative estimate of drug-likeness (QED) is 0.671. The van der Waals surface area contributed by atoms with E-state index in [9.17, 15) is 4.79 Å². The summed E-state index contributed by atoms with van der Waals surface area (Å²) in [6.45, 7) is 5.89. The van der Waals surface area contributed by atoms with Crippen LogP contribution >= 0.6 is 0 Å². The molecule has 2 aromatic rings. The van der Waals surface area contributed by atoms with Crippen LogP contribution in [0.3, 0.4) is 0 Å². The van der Waals surface area contributed by atoms with Crippen molar-refractivity contribution >= 4 is 5.91 Å². The standard InChI is InChI=1S/C24H32N2O4/c1-5-30-19-10-8-18(9-11-19)22-7-6-14-26(22)16-24(27)25-17(2)21-15-20(28-3)12-13-23(21)29-4/h8-13,15,17,22H,5-7,14,16H2,1-4H3,(H,25,27). The lowest BCUT2D eigenvalue weighted by atomic mass is 10.0. The SMILES string of the molecule is CCOc1ccc(C2CCCN2CC(=O)NC(C)c2cc(OC)ccc2OC)cc1. The summed E-state index contributed by atoms with van der Waals surface area (Å²) in [5, 5.41) is 3.11. The van der Waals surface area contributed by atoms with Crippen molar-refractivity contribution in [2.45, 2.75) is 38.8 Å². The van der Waals surface area contributed by atoms with E-state index in [0.717, 1.165) is 42.2 Å². The summed E-state index contributed by atoms with van der Waals surface area (Å²) in [4.78, 5) is 15.1. The average molecular weight is 413 g/mol. The second kappa shape index (κ2) is 10.3. The monoisotopic (exact) mass is 412 g/mol. The van der Waals surface area contributed by atoms with Crippen LogP contribution in [0.4, 0.5) is 0 Å². The van der Waals surface area contributed by atoms with Gasteiger partial charge in [-0.3, -0.25) is 9.69 Å². The highest BCUT2D eigenvalue weighted by molar-refractivity contribution is 5.78. The number of hydrogen-bond donors (Lipinski definition) is 1. The highest BCUT2D eigenvalue weighted by atomic mass is 16.5. The minimum absolute atomic E-state index is 0.00482. The molecule has 30 heavy (non-hydrogen) atoms. The van der Waals surface area contributed by atoms with Crippen LogP contribution in [-0.4, -0.2) is 44.7 Å². The second-order valence-electron chi connectivity index (χ2n) is 7.53. The summed E-state index contributed by atoms with van der Waals surface area (Å²) >= 11 is 0. The summed E-state index contributed by atoms with van der Waals surface area (Å²) in [5.41, 5.74) is 2.13. The molecule has 1 amide bonds. The van der Waals surface area contributed by atoms with Crippen molar-refractivity contribution in [1.82, 2.24) is 10.2 Å². The summed E-state index contributed by atoms with van der Waals surface area (Å²) in [6, 6.07) is 13.9. The first-order valence-corrected chi connectivity index (χ1v) is 10.5. The molecular formula is C24H32N2O4. The number of nitrogens with zero attached hydrogens (tertiary/aromatic N) is 1. The molecule has 0 aromatic heterocycles. The molecule has 2 unspecified atom stereocenters. The molecule has 2 aromatic carbocycles. The Morgan fingerprint density at radius 3 is 2.53 bits per heavy atom. The highest BCUT2D eigenvalue weighted by Gasteiger charge is 2.28. The molecule has 1 saturated heterocycles. The number of benzene rings is 2. The lowest BCUT2D eigenvalue weighted by Gasteiger charge is -2.25. The normalized spacial score (nSPS) is 17.4. The van der Waals surface area contributed by atoms with Gasteiger partial charge in [0.25, 0.3) is 0 Å². The maximum absolute atomic E-state index is 12.8. The summed E-state index contributed by atoms with van der Waals surface area (Å²) < 4.78 is 16.3. The van der Waals surface area contributed by atoms with Crippen LogP contribution < -0.4 is 19.5 Å². The zero-order valence-electron chi connectivity index (χ0n) is 18.3. The van der Waals surface area contributed by atoms with Crippen molar-refractivity contribution < 1.29 is 19.0 Å². The van der Waals surface area contributed by atoms with Crippen LogP contribution in [-0.2, 0) is 4.79 Å². The summed E-state index contributed by atoms with van der Waals surface area (Å²) in [5.74, 6) is 2.36. The first-order chi connectivity index (χ1) is 14.5. The molecule has 6 nitrogen and oxygen atoms in total. The molecule has 6 heteroatoms. The molecule has 1 heterocycles. The molecule has 0 radical (unpaired) electrons. The van der Waals surface area contributed by atoms with Gasteiger partial charge in [-0.15, -0.1) is 0 Å². The van der Waals surface area contributed by atoms with Gasteiger partial charge in [-0.05, 0) is 69.1 Å². The molecule has 1 N–H and O–H groups in total. The molecule has 1 fully saturated rings. The minimum atomic E-state index is -0.186. The van der Waals surface area contributed by atoms with Crippen LogP contribution in [0.2, 0.25) is 0 Å². The fourth-order valence-electron chi connectivity index (χ4n) is 4.07. The van der Waals surface area contributed by atoms with Gasteiger partial charge in [0.2, 0.25) is 5.91 Å². The smallest absolute Gasteiger partial charge is 0.234 e. The van der Waals surface area contributed by atoms with Crippen molar-refractivity contribution in [1.29, 1.82) is 0 Å². The Morgan fingerprint density at radius 2 is 1.87 bits per heavy atom. The van der Waals surface area contributed by atoms with Gasteiger partial charge in [0.1, 0.15) is 17.2 Å². The Hall–Kier alpha value is -2.73. The van der Waals surface area contributed by atoms with Gasteiger partial charge in [-0.2, -0.15) is 0 Å². The Kier molecular flexibility index (Phi) is 7.57. The highest BCUT2D eigenvalue weighted by Crippen LogP contribution is 2.33. The number of carbonyl (C=O) groups excluding carboxylic acids is 1. The van der Waals surface area contributed by atoms with Crippen molar-refractivity contribution in [2.75, 3.05) is 33.9 Å². The number of methoxy groups -OCH3 is 2. The van der Waals surface area contributed by atoms with E-state index in [1.54, 1.807) is 14.2 Å². The van der Waals surface area contributed by atoms with Gasteiger partial charge in [-0.25, -0.2) is 0 Å². The van der Waals surface area contributed by atoms with Gasteiger partial charge in [-0.1, -0.05) is 12.1 Å².